The van der Waals surface area contributed by atoms with Crippen LogP contribution < -0.4 is 4.74 Å². The third kappa shape index (κ3) is 2.69. The minimum Gasteiger partial charge on any atom is -0.447 e. The summed E-state index contributed by atoms with van der Waals surface area (Å²) in [5.74, 6) is 0.243. The van der Waals surface area contributed by atoms with E-state index in [0.29, 0.717) is 5.02 Å². The Labute approximate surface area is 112 Å². The molecule has 2 aromatic rings. The van der Waals surface area contributed by atoms with Gasteiger partial charge in [-0.2, -0.15) is 0 Å². The van der Waals surface area contributed by atoms with E-state index < -0.39 is 4.92 Å². The Morgan fingerprint density at radius 2 is 2.06 bits per heavy atom. The van der Waals surface area contributed by atoms with Crippen molar-refractivity contribution in [2.75, 3.05) is 0 Å². The van der Waals surface area contributed by atoms with Crippen molar-refractivity contribution in [2.24, 2.45) is 0 Å². The fourth-order valence-corrected chi connectivity index (χ4v) is 1.68. The molecule has 0 aliphatic rings. The molecule has 0 atom stereocenters. The van der Waals surface area contributed by atoms with Gasteiger partial charge >= 0.3 is 5.69 Å². The molecule has 0 unspecified atom stereocenters. The fourth-order valence-electron chi connectivity index (χ4n) is 1.31. The first-order chi connectivity index (χ1) is 8.58. The number of nitro groups is 1. The van der Waals surface area contributed by atoms with Gasteiger partial charge in [0, 0.05) is 18.3 Å². The first kappa shape index (κ1) is 12.6. The summed E-state index contributed by atoms with van der Waals surface area (Å²) >= 11 is 11.6. The Morgan fingerprint density at radius 3 is 2.72 bits per heavy atom. The third-order valence-electron chi connectivity index (χ3n) is 2.04. The van der Waals surface area contributed by atoms with Crippen LogP contribution in [-0.2, 0) is 0 Å². The molecular weight excluding hydrogens is 279 g/mol. The minimum absolute atomic E-state index is 0.0340. The van der Waals surface area contributed by atoms with Crippen LogP contribution in [0.2, 0.25) is 10.0 Å². The highest BCUT2D eigenvalue weighted by Gasteiger charge is 2.19. The Kier molecular flexibility index (Phi) is 3.64. The maximum atomic E-state index is 10.9. The molecule has 92 valence electrons. The quantitative estimate of drug-likeness (QED) is 0.629. The second-order valence-corrected chi connectivity index (χ2v) is 4.13. The topological polar surface area (TPSA) is 65.3 Å². The van der Waals surface area contributed by atoms with Gasteiger partial charge in [-0.3, -0.25) is 15.1 Å². The number of hydrogen-bond donors (Lipinski definition) is 0. The van der Waals surface area contributed by atoms with E-state index in [4.69, 9.17) is 27.9 Å². The predicted molar refractivity (Wildman–Crippen MR) is 67.4 cm³/mol. The van der Waals surface area contributed by atoms with Crippen molar-refractivity contribution < 1.29 is 9.66 Å². The zero-order valence-corrected chi connectivity index (χ0v) is 10.4. The van der Waals surface area contributed by atoms with Gasteiger partial charge in [-0.05, 0) is 6.07 Å². The van der Waals surface area contributed by atoms with Crippen LogP contribution in [0.3, 0.4) is 0 Å². The largest absolute Gasteiger partial charge is 0.447 e. The lowest BCUT2D eigenvalue weighted by molar-refractivity contribution is -0.385. The molecule has 5 nitrogen and oxygen atoms in total. The first-order valence-electron chi connectivity index (χ1n) is 4.79. The Balaban J connectivity index is 2.42. The normalized spacial score (nSPS) is 10.1. The number of rotatable bonds is 3. The summed E-state index contributed by atoms with van der Waals surface area (Å²) in [7, 11) is 0. The second-order valence-electron chi connectivity index (χ2n) is 3.29. The lowest BCUT2D eigenvalue weighted by Crippen LogP contribution is -1.94. The minimum atomic E-state index is -0.570. The summed E-state index contributed by atoms with van der Waals surface area (Å²) in [5, 5.41) is 11.4. The van der Waals surface area contributed by atoms with Crippen LogP contribution in [0.4, 0.5) is 5.69 Å². The number of ether oxygens (including phenoxy) is 1. The molecule has 0 aliphatic carbocycles. The van der Waals surface area contributed by atoms with Crippen LogP contribution in [-0.4, -0.2) is 9.91 Å². The van der Waals surface area contributed by atoms with Crippen LogP contribution in [0.15, 0.2) is 36.7 Å². The molecule has 18 heavy (non-hydrogen) atoms. The molecular formula is C11H6Cl2N2O3. The van der Waals surface area contributed by atoms with E-state index in [9.17, 15) is 10.1 Å². The summed E-state index contributed by atoms with van der Waals surface area (Å²) in [4.78, 5) is 14.1. The average Bonchev–Trinajstić information content (AvgIpc) is 2.31. The van der Waals surface area contributed by atoms with Gasteiger partial charge in [0.1, 0.15) is 5.75 Å². The average molecular weight is 285 g/mol. The summed E-state index contributed by atoms with van der Waals surface area (Å²) in [6, 6.07) is 5.77. The monoisotopic (exact) mass is 284 g/mol. The van der Waals surface area contributed by atoms with Crippen LogP contribution in [0.25, 0.3) is 0 Å². The van der Waals surface area contributed by atoms with Gasteiger partial charge in [0.15, 0.2) is 0 Å². The molecule has 0 radical (unpaired) electrons. The van der Waals surface area contributed by atoms with Crippen molar-refractivity contribution >= 4 is 28.9 Å². The molecule has 0 fully saturated rings. The highest BCUT2D eigenvalue weighted by molar-refractivity contribution is 6.32. The standard InChI is InChI=1S/C11H6Cl2N2O3/c12-7-4-8(6-14-5-7)18-11-9(13)2-1-3-10(11)15(16)17/h1-6H. The number of nitro benzene ring substituents is 1. The van der Waals surface area contributed by atoms with Gasteiger partial charge < -0.3 is 4.74 Å². The molecule has 0 aliphatic heterocycles. The molecule has 0 bridgehead atoms. The third-order valence-corrected chi connectivity index (χ3v) is 2.55. The smallest absolute Gasteiger partial charge is 0.313 e. The number of halogens is 2. The highest BCUT2D eigenvalue weighted by atomic mass is 35.5. The van der Waals surface area contributed by atoms with Crippen molar-refractivity contribution in [3.8, 4) is 11.5 Å². The van der Waals surface area contributed by atoms with E-state index in [1.807, 2.05) is 0 Å². The molecule has 7 heteroatoms. The predicted octanol–water partition coefficient (Wildman–Crippen LogP) is 4.09. The van der Waals surface area contributed by atoms with Gasteiger partial charge in [0.05, 0.1) is 21.2 Å². The number of benzene rings is 1. The maximum absolute atomic E-state index is 10.9. The second kappa shape index (κ2) is 5.20. The van der Waals surface area contributed by atoms with E-state index in [1.54, 1.807) is 0 Å². The van der Waals surface area contributed by atoms with Crippen LogP contribution >= 0.6 is 23.2 Å². The Bertz CT molecular complexity index is 605. The maximum Gasteiger partial charge on any atom is 0.313 e. The van der Waals surface area contributed by atoms with E-state index in [2.05, 4.69) is 4.98 Å². The lowest BCUT2D eigenvalue weighted by Gasteiger charge is -2.07. The molecule has 1 aromatic heterocycles. The molecule has 1 aromatic carbocycles. The van der Waals surface area contributed by atoms with E-state index in [0.717, 1.165) is 0 Å². The zero-order valence-electron chi connectivity index (χ0n) is 8.84. The van der Waals surface area contributed by atoms with E-state index >= 15 is 0 Å². The van der Waals surface area contributed by atoms with Crippen molar-refractivity contribution in [3.05, 3.63) is 56.8 Å². The summed E-state index contributed by atoms with van der Waals surface area (Å²) < 4.78 is 5.36. The van der Waals surface area contributed by atoms with Crippen LogP contribution in [0.5, 0.6) is 11.5 Å². The molecule has 0 saturated heterocycles. The van der Waals surface area contributed by atoms with Gasteiger partial charge in [-0.25, -0.2) is 0 Å². The van der Waals surface area contributed by atoms with Gasteiger partial charge in [-0.1, -0.05) is 29.3 Å². The number of aromatic nitrogens is 1. The number of para-hydroxylation sites is 1. The summed E-state index contributed by atoms with van der Waals surface area (Å²) in [6.07, 6.45) is 2.81. The SMILES string of the molecule is O=[N+]([O-])c1cccc(Cl)c1Oc1cncc(Cl)c1. The lowest BCUT2D eigenvalue weighted by atomic mass is 10.3. The van der Waals surface area contributed by atoms with Gasteiger partial charge in [0.25, 0.3) is 0 Å². The number of pyridine rings is 1. The molecule has 1 heterocycles. The van der Waals surface area contributed by atoms with Crippen LogP contribution in [0, 0.1) is 10.1 Å². The van der Waals surface area contributed by atoms with Crippen molar-refractivity contribution in [3.63, 3.8) is 0 Å². The number of nitrogens with zero attached hydrogens (tertiary/aromatic N) is 2. The molecule has 0 saturated carbocycles. The van der Waals surface area contributed by atoms with E-state index in [1.165, 1.54) is 36.7 Å². The first-order valence-corrected chi connectivity index (χ1v) is 5.55. The van der Waals surface area contributed by atoms with Crippen molar-refractivity contribution in [1.82, 2.24) is 4.98 Å². The van der Waals surface area contributed by atoms with E-state index in [-0.39, 0.29) is 22.2 Å². The highest BCUT2D eigenvalue weighted by Crippen LogP contribution is 2.37. The van der Waals surface area contributed by atoms with Crippen molar-refractivity contribution in [1.29, 1.82) is 0 Å². The summed E-state index contributed by atoms with van der Waals surface area (Å²) in [6.45, 7) is 0. The Hall–Kier alpha value is -1.85. The van der Waals surface area contributed by atoms with Gasteiger partial charge in [0.2, 0.25) is 5.75 Å². The summed E-state index contributed by atoms with van der Waals surface area (Å²) in [5.41, 5.74) is -0.220. The number of hydrogen-bond acceptors (Lipinski definition) is 4. The van der Waals surface area contributed by atoms with Crippen molar-refractivity contribution in [2.45, 2.75) is 0 Å². The molecule has 0 amide bonds. The fraction of sp³-hybridized carbons (Fsp3) is 0. The zero-order chi connectivity index (χ0) is 13.1. The Morgan fingerprint density at radius 1 is 1.28 bits per heavy atom. The molecule has 2 rings (SSSR count). The van der Waals surface area contributed by atoms with Gasteiger partial charge in [-0.15, -0.1) is 0 Å². The molecule has 0 N–H and O–H groups in total. The molecule has 0 spiro atoms. The van der Waals surface area contributed by atoms with Crippen LogP contribution in [0.1, 0.15) is 0 Å².